The SMILES string of the molecule is NCC#Cc1ccc(C(=O)NCc2cncs2)cc1F. The summed E-state index contributed by atoms with van der Waals surface area (Å²) in [5, 5.41) is 2.70. The number of benzene rings is 1. The number of hydrogen-bond acceptors (Lipinski definition) is 4. The monoisotopic (exact) mass is 289 g/mol. The van der Waals surface area contributed by atoms with Crippen LogP contribution in [0.1, 0.15) is 20.8 Å². The number of nitrogens with one attached hydrogen (secondary N) is 1. The van der Waals surface area contributed by atoms with E-state index in [2.05, 4.69) is 22.1 Å². The zero-order valence-corrected chi connectivity index (χ0v) is 11.3. The molecule has 0 aliphatic carbocycles. The fourth-order valence-corrected chi connectivity index (χ4v) is 2.04. The van der Waals surface area contributed by atoms with E-state index in [9.17, 15) is 9.18 Å². The van der Waals surface area contributed by atoms with Crippen LogP contribution in [0.2, 0.25) is 0 Å². The average molecular weight is 289 g/mol. The van der Waals surface area contributed by atoms with E-state index in [0.29, 0.717) is 6.54 Å². The van der Waals surface area contributed by atoms with Crippen LogP contribution in [0.25, 0.3) is 0 Å². The van der Waals surface area contributed by atoms with Crippen molar-refractivity contribution in [1.29, 1.82) is 0 Å². The molecule has 2 rings (SSSR count). The summed E-state index contributed by atoms with van der Waals surface area (Å²) in [7, 11) is 0. The molecule has 0 fully saturated rings. The van der Waals surface area contributed by atoms with E-state index in [1.54, 1.807) is 11.7 Å². The molecule has 0 atom stereocenters. The summed E-state index contributed by atoms with van der Waals surface area (Å²) in [6, 6.07) is 4.17. The molecule has 1 amide bonds. The van der Waals surface area contributed by atoms with Gasteiger partial charge in [0, 0.05) is 16.6 Å². The molecule has 20 heavy (non-hydrogen) atoms. The molecule has 0 aliphatic heterocycles. The van der Waals surface area contributed by atoms with Crippen LogP contribution in [0.3, 0.4) is 0 Å². The van der Waals surface area contributed by atoms with Crippen LogP contribution in [0, 0.1) is 17.7 Å². The minimum absolute atomic E-state index is 0.163. The lowest BCUT2D eigenvalue weighted by Gasteiger charge is -2.04. The molecular formula is C14H12FN3OS. The van der Waals surface area contributed by atoms with E-state index in [4.69, 9.17) is 5.73 Å². The van der Waals surface area contributed by atoms with Crippen molar-refractivity contribution in [3.05, 3.63) is 51.7 Å². The Morgan fingerprint density at radius 1 is 1.50 bits per heavy atom. The highest BCUT2D eigenvalue weighted by Gasteiger charge is 2.09. The Kier molecular flexibility index (Phi) is 4.82. The Hall–Kier alpha value is -2.23. The standard InChI is InChI=1S/C14H12FN3OS/c15-13-6-11(4-3-10(13)2-1-5-16)14(19)18-8-12-7-17-9-20-12/h3-4,6-7,9H,5,8,16H2,(H,18,19). The molecule has 0 spiro atoms. The Balaban J connectivity index is 2.05. The van der Waals surface area contributed by atoms with E-state index >= 15 is 0 Å². The third kappa shape index (κ3) is 3.63. The molecule has 0 saturated heterocycles. The Morgan fingerprint density at radius 3 is 3.00 bits per heavy atom. The Morgan fingerprint density at radius 2 is 2.35 bits per heavy atom. The maximum atomic E-state index is 13.7. The molecular weight excluding hydrogens is 277 g/mol. The fraction of sp³-hybridized carbons (Fsp3) is 0.143. The highest BCUT2D eigenvalue weighted by atomic mass is 32.1. The molecule has 0 bridgehead atoms. The summed E-state index contributed by atoms with van der Waals surface area (Å²) < 4.78 is 13.7. The highest BCUT2D eigenvalue weighted by molar-refractivity contribution is 7.09. The molecule has 6 heteroatoms. The molecule has 0 aliphatic rings. The van der Waals surface area contributed by atoms with Gasteiger partial charge in [0.1, 0.15) is 5.82 Å². The normalized spacial score (nSPS) is 9.70. The maximum Gasteiger partial charge on any atom is 0.251 e. The quantitative estimate of drug-likeness (QED) is 0.842. The van der Waals surface area contributed by atoms with Crippen molar-refractivity contribution >= 4 is 17.2 Å². The first kappa shape index (κ1) is 14.2. The lowest BCUT2D eigenvalue weighted by Crippen LogP contribution is -2.22. The molecule has 4 nitrogen and oxygen atoms in total. The first-order valence-electron chi connectivity index (χ1n) is 5.84. The summed E-state index contributed by atoms with van der Waals surface area (Å²) in [6.45, 7) is 0.538. The van der Waals surface area contributed by atoms with Gasteiger partial charge in [-0.05, 0) is 18.2 Å². The second-order valence-corrected chi connectivity index (χ2v) is 4.82. The van der Waals surface area contributed by atoms with Crippen molar-refractivity contribution in [2.24, 2.45) is 5.73 Å². The van der Waals surface area contributed by atoms with Crippen molar-refractivity contribution in [2.45, 2.75) is 6.54 Å². The van der Waals surface area contributed by atoms with Gasteiger partial charge in [0.2, 0.25) is 0 Å². The van der Waals surface area contributed by atoms with Crippen molar-refractivity contribution in [3.8, 4) is 11.8 Å². The molecule has 1 heterocycles. The van der Waals surface area contributed by atoms with Gasteiger partial charge in [-0.25, -0.2) is 4.39 Å². The number of nitrogens with two attached hydrogens (primary N) is 1. The van der Waals surface area contributed by atoms with Gasteiger partial charge in [-0.1, -0.05) is 11.8 Å². The summed E-state index contributed by atoms with van der Waals surface area (Å²) in [5.74, 6) is 4.31. The largest absolute Gasteiger partial charge is 0.347 e. The molecule has 0 radical (unpaired) electrons. The number of carbonyl (C=O) groups is 1. The summed E-state index contributed by atoms with van der Waals surface area (Å²) >= 11 is 1.44. The zero-order chi connectivity index (χ0) is 14.4. The van der Waals surface area contributed by atoms with Gasteiger partial charge in [0.05, 0.1) is 24.2 Å². The predicted octanol–water partition coefficient (Wildman–Crippen LogP) is 1.52. The molecule has 3 N–H and O–H groups in total. The maximum absolute atomic E-state index is 13.7. The van der Waals surface area contributed by atoms with E-state index in [1.807, 2.05) is 0 Å². The molecule has 2 aromatic rings. The zero-order valence-electron chi connectivity index (χ0n) is 10.5. The first-order chi connectivity index (χ1) is 9.70. The predicted molar refractivity (Wildman–Crippen MR) is 75.6 cm³/mol. The van der Waals surface area contributed by atoms with Crippen LogP contribution in [-0.4, -0.2) is 17.4 Å². The number of thiazole rings is 1. The number of amides is 1. The number of rotatable bonds is 3. The van der Waals surface area contributed by atoms with E-state index in [-0.39, 0.29) is 23.6 Å². The fourth-order valence-electron chi connectivity index (χ4n) is 1.50. The molecule has 1 aromatic carbocycles. The molecule has 0 saturated carbocycles. The first-order valence-corrected chi connectivity index (χ1v) is 6.72. The van der Waals surface area contributed by atoms with E-state index < -0.39 is 5.82 Å². The van der Waals surface area contributed by atoms with Gasteiger partial charge in [-0.3, -0.25) is 9.78 Å². The van der Waals surface area contributed by atoms with Gasteiger partial charge < -0.3 is 11.1 Å². The summed E-state index contributed by atoms with van der Waals surface area (Å²) in [6.07, 6.45) is 1.68. The number of halogens is 1. The number of nitrogens with zero attached hydrogens (tertiary/aromatic N) is 1. The highest BCUT2D eigenvalue weighted by Crippen LogP contribution is 2.10. The second kappa shape index (κ2) is 6.80. The van der Waals surface area contributed by atoms with Crippen molar-refractivity contribution < 1.29 is 9.18 Å². The van der Waals surface area contributed by atoms with E-state index in [1.165, 1.54) is 29.5 Å². The summed E-state index contributed by atoms with van der Waals surface area (Å²) in [5.41, 5.74) is 7.40. The van der Waals surface area contributed by atoms with Crippen molar-refractivity contribution in [2.75, 3.05) is 6.54 Å². The number of carbonyl (C=O) groups excluding carboxylic acids is 1. The second-order valence-electron chi connectivity index (χ2n) is 3.85. The lowest BCUT2D eigenvalue weighted by molar-refractivity contribution is 0.0951. The molecule has 1 aromatic heterocycles. The van der Waals surface area contributed by atoms with Gasteiger partial charge in [-0.2, -0.15) is 0 Å². The lowest BCUT2D eigenvalue weighted by atomic mass is 10.1. The number of aromatic nitrogens is 1. The molecule has 102 valence electrons. The smallest absolute Gasteiger partial charge is 0.251 e. The minimum Gasteiger partial charge on any atom is -0.347 e. The van der Waals surface area contributed by atoms with Crippen LogP contribution >= 0.6 is 11.3 Å². The minimum atomic E-state index is -0.531. The number of hydrogen-bond donors (Lipinski definition) is 2. The van der Waals surface area contributed by atoms with Crippen LogP contribution in [0.15, 0.2) is 29.9 Å². The Bertz CT molecular complexity index is 659. The topological polar surface area (TPSA) is 68.0 Å². The summed E-state index contributed by atoms with van der Waals surface area (Å²) in [4.78, 5) is 16.7. The third-order valence-corrected chi connectivity index (χ3v) is 3.24. The van der Waals surface area contributed by atoms with Crippen LogP contribution < -0.4 is 11.1 Å². The van der Waals surface area contributed by atoms with Gasteiger partial charge >= 0.3 is 0 Å². The van der Waals surface area contributed by atoms with Gasteiger partial charge in [0.25, 0.3) is 5.91 Å². The Labute approximate surface area is 119 Å². The van der Waals surface area contributed by atoms with Gasteiger partial charge in [0.15, 0.2) is 0 Å². The van der Waals surface area contributed by atoms with Crippen LogP contribution in [-0.2, 0) is 6.54 Å². The van der Waals surface area contributed by atoms with Crippen LogP contribution in [0.4, 0.5) is 4.39 Å². The molecule has 0 unspecified atom stereocenters. The average Bonchev–Trinajstić information content (AvgIpc) is 2.96. The van der Waals surface area contributed by atoms with Crippen molar-refractivity contribution in [1.82, 2.24) is 10.3 Å². The van der Waals surface area contributed by atoms with E-state index in [0.717, 1.165) is 4.88 Å². The third-order valence-electron chi connectivity index (χ3n) is 2.46. The van der Waals surface area contributed by atoms with Gasteiger partial charge in [-0.15, -0.1) is 11.3 Å². The van der Waals surface area contributed by atoms with Crippen molar-refractivity contribution in [3.63, 3.8) is 0 Å². The van der Waals surface area contributed by atoms with Crippen LogP contribution in [0.5, 0.6) is 0 Å².